The lowest BCUT2D eigenvalue weighted by Crippen LogP contribution is -2.15. The summed E-state index contributed by atoms with van der Waals surface area (Å²) in [5.41, 5.74) is -0.953. The summed E-state index contributed by atoms with van der Waals surface area (Å²) in [4.78, 5) is 7.43. The summed E-state index contributed by atoms with van der Waals surface area (Å²) < 4.78 is 43.8. The molecule has 1 N–H and O–H groups in total. The molecule has 0 aliphatic heterocycles. The largest absolute Gasteiger partial charge is 0.478 e. The first-order valence-electron chi connectivity index (χ1n) is 6.95. The van der Waals surface area contributed by atoms with Crippen LogP contribution in [0, 0.1) is 5.41 Å². The predicted molar refractivity (Wildman–Crippen MR) is 75.4 cm³/mol. The van der Waals surface area contributed by atoms with Crippen LogP contribution in [0.1, 0.15) is 46.2 Å². The fraction of sp³-hybridized carbons (Fsp3) is 0.714. The molecule has 0 atom stereocenters. The van der Waals surface area contributed by atoms with E-state index in [1.165, 1.54) is 0 Å². The van der Waals surface area contributed by atoms with E-state index in [0.717, 1.165) is 18.9 Å². The molecule has 1 heterocycles. The van der Waals surface area contributed by atoms with Gasteiger partial charge >= 0.3 is 6.18 Å². The molecule has 1 aromatic rings. The Hall–Kier alpha value is -1.53. The highest BCUT2D eigenvalue weighted by molar-refractivity contribution is 5.31. The van der Waals surface area contributed by atoms with Crippen molar-refractivity contribution in [2.24, 2.45) is 5.41 Å². The molecule has 0 radical (unpaired) electrons. The van der Waals surface area contributed by atoms with Crippen LogP contribution in [-0.2, 0) is 6.18 Å². The van der Waals surface area contributed by atoms with Gasteiger partial charge < -0.3 is 10.1 Å². The molecule has 0 bridgehead atoms. The number of nitrogens with zero attached hydrogens (tertiary/aromatic N) is 2. The average molecular weight is 305 g/mol. The smallest absolute Gasteiger partial charge is 0.433 e. The quantitative estimate of drug-likeness (QED) is 0.858. The first-order chi connectivity index (χ1) is 9.62. The molecule has 0 fully saturated rings. The van der Waals surface area contributed by atoms with Crippen molar-refractivity contribution in [2.45, 2.75) is 46.7 Å². The lowest BCUT2D eigenvalue weighted by Gasteiger charge is -2.18. The molecule has 7 heteroatoms. The Labute approximate surface area is 123 Å². The minimum atomic E-state index is -4.52. The van der Waals surface area contributed by atoms with Crippen molar-refractivity contribution in [3.8, 4) is 5.88 Å². The minimum absolute atomic E-state index is 0.0448. The number of nitrogens with one attached hydrogen (secondary N) is 1. The molecule has 0 amide bonds. The Morgan fingerprint density at radius 3 is 2.38 bits per heavy atom. The molecule has 4 nitrogen and oxygen atoms in total. The maximum atomic E-state index is 12.8. The van der Waals surface area contributed by atoms with E-state index in [-0.39, 0.29) is 17.2 Å². The van der Waals surface area contributed by atoms with Gasteiger partial charge in [0.15, 0.2) is 5.69 Å². The van der Waals surface area contributed by atoms with Crippen molar-refractivity contribution in [3.05, 3.63) is 11.8 Å². The van der Waals surface area contributed by atoms with E-state index in [1.807, 2.05) is 27.7 Å². The summed E-state index contributed by atoms with van der Waals surface area (Å²) in [6.45, 7) is 8.82. The summed E-state index contributed by atoms with van der Waals surface area (Å²) in [6.07, 6.45) is -3.04. The molecule has 1 aromatic heterocycles. The van der Waals surface area contributed by atoms with Gasteiger partial charge in [0, 0.05) is 12.6 Å². The third-order valence-electron chi connectivity index (χ3n) is 2.63. The van der Waals surface area contributed by atoms with Crippen molar-refractivity contribution >= 4 is 5.95 Å². The SMILES string of the molecule is CCCNc1nc(OCCC(C)(C)C)cc(C(F)(F)F)n1. The minimum Gasteiger partial charge on any atom is -0.478 e. The van der Waals surface area contributed by atoms with Gasteiger partial charge in [-0.3, -0.25) is 0 Å². The maximum Gasteiger partial charge on any atom is 0.433 e. The van der Waals surface area contributed by atoms with E-state index in [4.69, 9.17) is 4.74 Å². The summed E-state index contributed by atoms with van der Waals surface area (Å²) in [6, 6.07) is 0.833. The molecule has 0 aromatic carbocycles. The first kappa shape index (κ1) is 17.5. The van der Waals surface area contributed by atoms with Gasteiger partial charge in [-0.15, -0.1) is 0 Å². The van der Waals surface area contributed by atoms with Crippen LogP contribution in [0.15, 0.2) is 6.07 Å². The van der Waals surface area contributed by atoms with Gasteiger partial charge in [-0.1, -0.05) is 27.7 Å². The Morgan fingerprint density at radius 2 is 1.86 bits per heavy atom. The van der Waals surface area contributed by atoms with Gasteiger partial charge in [0.2, 0.25) is 11.8 Å². The summed E-state index contributed by atoms with van der Waals surface area (Å²) in [5, 5.41) is 2.75. The molecule has 0 aliphatic carbocycles. The maximum absolute atomic E-state index is 12.8. The number of aromatic nitrogens is 2. The van der Waals surface area contributed by atoms with E-state index in [1.54, 1.807) is 0 Å². The highest BCUT2D eigenvalue weighted by Crippen LogP contribution is 2.30. The molecule has 0 saturated carbocycles. The number of hydrogen-bond acceptors (Lipinski definition) is 4. The third-order valence-corrected chi connectivity index (χ3v) is 2.63. The van der Waals surface area contributed by atoms with Crippen LogP contribution in [0.25, 0.3) is 0 Å². The molecular weight excluding hydrogens is 283 g/mol. The number of ether oxygens (including phenoxy) is 1. The van der Waals surface area contributed by atoms with Crippen molar-refractivity contribution in [1.82, 2.24) is 9.97 Å². The van der Waals surface area contributed by atoms with Crippen LogP contribution in [-0.4, -0.2) is 23.1 Å². The second-order valence-electron chi connectivity index (χ2n) is 6.00. The second-order valence-corrected chi connectivity index (χ2v) is 6.00. The van der Waals surface area contributed by atoms with Crippen molar-refractivity contribution in [1.29, 1.82) is 0 Å². The fourth-order valence-corrected chi connectivity index (χ4v) is 1.42. The lowest BCUT2D eigenvalue weighted by atomic mass is 9.93. The van der Waals surface area contributed by atoms with Crippen LogP contribution in [0.3, 0.4) is 0 Å². The van der Waals surface area contributed by atoms with Gasteiger partial charge in [0.1, 0.15) is 0 Å². The Bertz CT molecular complexity index is 456. The fourth-order valence-electron chi connectivity index (χ4n) is 1.42. The number of rotatable bonds is 6. The highest BCUT2D eigenvalue weighted by atomic mass is 19.4. The van der Waals surface area contributed by atoms with E-state index in [9.17, 15) is 13.2 Å². The Balaban J connectivity index is 2.86. The van der Waals surface area contributed by atoms with Crippen LogP contribution < -0.4 is 10.1 Å². The zero-order chi connectivity index (χ0) is 16.1. The van der Waals surface area contributed by atoms with Gasteiger partial charge in [-0.05, 0) is 18.3 Å². The van der Waals surface area contributed by atoms with Crippen molar-refractivity contribution in [3.63, 3.8) is 0 Å². The van der Waals surface area contributed by atoms with Crippen LogP contribution >= 0.6 is 0 Å². The van der Waals surface area contributed by atoms with E-state index < -0.39 is 11.9 Å². The van der Waals surface area contributed by atoms with Crippen LogP contribution in [0.4, 0.5) is 19.1 Å². The number of anilines is 1. The van der Waals surface area contributed by atoms with Crippen molar-refractivity contribution in [2.75, 3.05) is 18.5 Å². The van der Waals surface area contributed by atoms with Gasteiger partial charge in [0.25, 0.3) is 0 Å². The number of halogens is 3. The predicted octanol–water partition coefficient (Wildman–Crippen LogP) is 4.13. The normalized spacial score (nSPS) is 12.3. The summed E-state index contributed by atoms with van der Waals surface area (Å²) in [7, 11) is 0. The summed E-state index contributed by atoms with van der Waals surface area (Å²) >= 11 is 0. The standard InChI is InChI=1S/C14H22F3N3O/c1-5-7-18-12-19-10(14(15,16)17)9-11(20-12)21-8-6-13(2,3)4/h9H,5-8H2,1-4H3,(H,18,19,20). The molecule has 0 spiro atoms. The number of alkyl halides is 3. The topological polar surface area (TPSA) is 47.0 Å². The van der Waals surface area contributed by atoms with E-state index in [0.29, 0.717) is 13.2 Å². The number of hydrogen-bond donors (Lipinski definition) is 1. The molecule has 21 heavy (non-hydrogen) atoms. The molecular formula is C14H22F3N3O. The third kappa shape index (κ3) is 6.64. The molecule has 120 valence electrons. The second kappa shape index (κ2) is 6.95. The average Bonchev–Trinajstić information content (AvgIpc) is 2.33. The monoisotopic (exact) mass is 305 g/mol. The molecule has 0 saturated heterocycles. The Kier molecular flexibility index (Phi) is 5.80. The highest BCUT2D eigenvalue weighted by Gasteiger charge is 2.34. The van der Waals surface area contributed by atoms with Gasteiger partial charge in [-0.2, -0.15) is 18.2 Å². The first-order valence-corrected chi connectivity index (χ1v) is 6.95. The molecule has 0 unspecified atom stereocenters. The lowest BCUT2D eigenvalue weighted by molar-refractivity contribution is -0.141. The summed E-state index contributed by atoms with van der Waals surface area (Å²) in [5.74, 6) is -0.113. The van der Waals surface area contributed by atoms with Crippen LogP contribution in [0.5, 0.6) is 5.88 Å². The van der Waals surface area contributed by atoms with Crippen molar-refractivity contribution < 1.29 is 17.9 Å². The van der Waals surface area contributed by atoms with E-state index >= 15 is 0 Å². The van der Waals surface area contributed by atoms with E-state index in [2.05, 4.69) is 15.3 Å². The van der Waals surface area contributed by atoms with Gasteiger partial charge in [0.05, 0.1) is 6.61 Å². The zero-order valence-corrected chi connectivity index (χ0v) is 12.8. The molecule has 1 rings (SSSR count). The molecule has 0 aliphatic rings. The Morgan fingerprint density at radius 1 is 1.19 bits per heavy atom. The van der Waals surface area contributed by atoms with Crippen LogP contribution in [0.2, 0.25) is 0 Å². The zero-order valence-electron chi connectivity index (χ0n) is 12.8. The van der Waals surface area contributed by atoms with Gasteiger partial charge in [-0.25, -0.2) is 4.98 Å².